The van der Waals surface area contributed by atoms with Crippen molar-refractivity contribution in [2.24, 2.45) is 0 Å². The number of ether oxygens (including phenoxy) is 1. The molecular formula is C31H32N6O3. The van der Waals surface area contributed by atoms with Crippen LogP contribution < -0.4 is 20.1 Å². The van der Waals surface area contributed by atoms with E-state index in [1.165, 1.54) is 5.56 Å². The molecule has 0 bridgehead atoms. The molecule has 1 atom stereocenters. The predicted octanol–water partition coefficient (Wildman–Crippen LogP) is 3.88. The highest BCUT2D eigenvalue weighted by molar-refractivity contribution is 5.94. The van der Waals surface area contributed by atoms with Gasteiger partial charge in [-0.2, -0.15) is 5.10 Å². The van der Waals surface area contributed by atoms with E-state index < -0.39 is 0 Å². The first-order valence-electron chi connectivity index (χ1n) is 13.6. The van der Waals surface area contributed by atoms with Crippen molar-refractivity contribution in [1.29, 1.82) is 0 Å². The Morgan fingerprint density at radius 1 is 1.00 bits per heavy atom. The summed E-state index contributed by atoms with van der Waals surface area (Å²) in [5.74, 6) is 1.58. The van der Waals surface area contributed by atoms with E-state index in [4.69, 9.17) is 4.74 Å². The van der Waals surface area contributed by atoms with E-state index in [-0.39, 0.29) is 17.5 Å². The Balaban J connectivity index is 1.14. The minimum Gasteiger partial charge on any atom is -0.491 e. The molecule has 1 unspecified atom stereocenters. The summed E-state index contributed by atoms with van der Waals surface area (Å²) in [7, 11) is 0. The van der Waals surface area contributed by atoms with E-state index in [0.29, 0.717) is 43.1 Å². The van der Waals surface area contributed by atoms with Crippen LogP contribution in [0.15, 0.2) is 77.9 Å². The van der Waals surface area contributed by atoms with Crippen molar-refractivity contribution in [2.45, 2.75) is 26.4 Å². The van der Waals surface area contributed by atoms with Gasteiger partial charge in [0.2, 0.25) is 0 Å². The molecule has 0 spiro atoms. The molecule has 2 aliphatic rings. The van der Waals surface area contributed by atoms with Crippen molar-refractivity contribution in [1.82, 2.24) is 20.1 Å². The van der Waals surface area contributed by atoms with Crippen LogP contribution in [-0.4, -0.2) is 58.8 Å². The average molecular weight is 537 g/mol. The first-order chi connectivity index (χ1) is 19.5. The summed E-state index contributed by atoms with van der Waals surface area (Å²) in [4.78, 5) is 36.4. The lowest BCUT2D eigenvalue weighted by molar-refractivity contribution is 0.0746. The molecular weight excluding hydrogens is 504 g/mol. The number of nitrogens with one attached hydrogen (secondary N) is 1. The maximum atomic E-state index is 13.4. The van der Waals surface area contributed by atoms with Gasteiger partial charge in [-0.15, -0.1) is 0 Å². The Kier molecular flexibility index (Phi) is 6.94. The number of aromatic amines is 1. The van der Waals surface area contributed by atoms with Crippen LogP contribution in [0.4, 0.5) is 11.5 Å². The first kappa shape index (κ1) is 25.6. The number of benzene rings is 2. The summed E-state index contributed by atoms with van der Waals surface area (Å²) in [6.45, 7) is 7.62. The second kappa shape index (κ2) is 10.8. The molecule has 204 valence electrons. The Labute approximate surface area is 233 Å². The van der Waals surface area contributed by atoms with Crippen molar-refractivity contribution in [3.8, 4) is 5.75 Å². The largest absolute Gasteiger partial charge is 0.491 e. The van der Waals surface area contributed by atoms with E-state index in [1.807, 2.05) is 67.4 Å². The normalized spacial score (nSPS) is 16.6. The number of pyridine rings is 1. The standard InChI is InChI=1S/C31H32N6O3/c1-21-10-11-29(32-17-21)35-12-14-36(15-13-35)31(39)23-7-5-8-25(16-23)40-20-28-26-9-4-3-6-24(26)19-37(28)27-18-33-34-30(38)22(27)2/h3-11,16-18,28H,12-15,19-20H2,1-2H3,(H,34,38). The number of hydrogen-bond donors (Lipinski definition) is 1. The molecule has 9 nitrogen and oxygen atoms in total. The predicted molar refractivity (Wildman–Crippen MR) is 154 cm³/mol. The number of carbonyl (C=O) groups is 1. The van der Waals surface area contributed by atoms with Gasteiger partial charge in [0, 0.05) is 50.0 Å². The van der Waals surface area contributed by atoms with Gasteiger partial charge in [-0.1, -0.05) is 36.4 Å². The number of aryl methyl sites for hydroxylation is 1. The van der Waals surface area contributed by atoms with Crippen LogP contribution >= 0.6 is 0 Å². The minimum atomic E-state index is -0.199. The fourth-order valence-corrected chi connectivity index (χ4v) is 5.50. The zero-order chi connectivity index (χ0) is 27.6. The lowest BCUT2D eigenvalue weighted by atomic mass is 10.1. The number of H-pyrrole nitrogens is 1. The summed E-state index contributed by atoms with van der Waals surface area (Å²) in [5.41, 5.74) is 5.31. The second-order valence-electron chi connectivity index (χ2n) is 10.4. The van der Waals surface area contributed by atoms with E-state index in [9.17, 15) is 9.59 Å². The topological polar surface area (TPSA) is 94.7 Å². The molecule has 1 fully saturated rings. The van der Waals surface area contributed by atoms with Gasteiger partial charge < -0.3 is 19.4 Å². The molecule has 0 aliphatic carbocycles. The highest BCUT2D eigenvalue weighted by Gasteiger charge is 2.32. The molecule has 40 heavy (non-hydrogen) atoms. The van der Waals surface area contributed by atoms with Crippen molar-refractivity contribution >= 4 is 17.4 Å². The van der Waals surface area contributed by atoms with Gasteiger partial charge in [-0.05, 0) is 54.8 Å². The van der Waals surface area contributed by atoms with Crippen molar-refractivity contribution in [3.05, 3.63) is 111 Å². The molecule has 1 N–H and O–H groups in total. The fraction of sp³-hybridized carbons (Fsp3) is 0.290. The van der Waals surface area contributed by atoms with Gasteiger partial charge in [-0.25, -0.2) is 10.1 Å². The number of nitrogens with zero attached hydrogens (tertiary/aromatic N) is 5. The van der Waals surface area contributed by atoms with E-state index >= 15 is 0 Å². The van der Waals surface area contributed by atoms with Gasteiger partial charge in [-0.3, -0.25) is 9.59 Å². The smallest absolute Gasteiger partial charge is 0.269 e. The molecule has 1 amide bonds. The van der Waals surface area contributed by atoms with E-state index in [0.717, 1.165) is 35.7 Å². The van der Waals surface area contributed by atoms with Crippen molar-refractivity contribution < 1.29 is 9.53 Å². The number of fused-ring (bicyclic) bond motifs is 1. The van der Waals surface area contributed by atoms with E-state index in [1.54, 1.807) is 6.20 Å². The Morgan fingerprint density at radius 2 is 1.82 bits per heavy atom. The summed E-state index contributed by atoms with van der Waals surface area (Å²) >= 11 is 0. The van der Waals surface area contributed by atoms with Gasteiger partial charge in [0.15, 0.2) is 0 Å². The Bertz CT molecular complexity index is 1580. The monoisotopic (exact) mass is 536 g/mol. The number of hydrogen-bond acceptors (Lipinski definition) is 7. The number of carbonyl (C=O) groups excluding carboxylic acids is 1. The Morgan fingerprint density at radius 3 is 2.62 bits per heavy atom. The van der Waals surface area contributed by atoms with Crippen LogP contribution in [0.5, 0.6) is 5.75 Å². The third-order valence-corrected chi connectivity index (χ3v) is 7.79. The lowest BCUT2D eigenvalue weighted by Crippen LogP contribution is -2.49. The molecule has 0 radical (unpaired) electrons. The SMILES string of the molecule is Cc1ccc(N2CCN(C(=O)c3cccc(OCC4c5ccccc5CN4c4cn[nH]c(=O)c4C)c3)CC2)nc1. The maximum Gasteiger partial charge on any atom is 0.269 e. The Hall–Kier alpha value is -4.66. The van der Waals surface area contributed by atoms with E-state index in [2.05, 4.69) is 43.2 Å². The summed E-state index contributed by atoms with van der Waals surface area (Å²) < 4.78 is 6.30. The third kappa shape index (κ3) is 5.02. The summed E-state index contributed by atoms with van der Waals surface area (Å²) in [6.07, 6.45) is 3.57. The van der Waals surface area contributed by atoms with Gasteiger partial charge in [0.05, 0.1) is 17.9 Å². The molecule has 2 aromatic heterocycles. The van der Waals surface area contributed by atoms with Crippen molar-refractivity contribution in [2.75, 3.05) is 42.6 Å². The number of piperazine rings is 1. The van der Waals surface area contributed by atoms with Gasteiger partial charge >= 0.3 is 0 Å². The molecule has 4 aromatic rings. The first-order valence-corrected chi connectivity index (χ1v) is 13.6. The summed E-state index contributed by atoms with van der Waals surface area (Å²) in [6, 6.07) is 19.6. The zero-order valence-corrected chi connectivity index (χ0v) is 22.7. The molecule has 1 saturated heterocycles. The molecule has 2 aromatic carbocycles. The lowest BCUT2D eigenvalue weighted by Gasteiger charge is -2.35. The fourth-order valence-electron chi connectivity index (χ4n) is 5.50. The maximum absolute atomic E-state index is 13.4. The van der Waals surface area contributed by atoms with Crippen LogP contribution in [0.25, 0.3) is 0 Å². The van der Waals surface area contributed by atoms with Crippen LogP contribution in [0.3, 0.4) is 0 Å². The molecule has 0 saturated carbocycles. The number of rotatable bonds is 6. The zero-order valence-electron chi connectivity index (χ0n) is 22.7. The van der Waals surface area contributed by atoms with Crippen LogP contribution in [-0.2, 0) is 6.54 Å². The molecule has 4 heterocycles. The molecule has 2 aliphatic heterocycles. The number of amides is 1. The van der Waals surface area contributed by atoms with Crippen LogP contribution in [0.2, 0.25) is 0 Å². The third-order valence-electron chi connectivity index (χ3n) is 7.79. The second-order valence-corrected chi connectivity index (χ2v) is 10.4. The minimum absolute atomic E-state index is 0.0000128. The highest BCUT2D eigenvalue weighted by atomic mass is 16.5. The van der Waals surface area contributed by atoms with Gasteiger partial charge in [0.1, 0.15) is 18.2 Å². The average Bonchev–Trinajstić information content (AvgIpc) is 3.36. The number of aromatic nitrogens is 3. The van der Waals surface area contributed by atoms with Gasteiger partial charge in [0.25, 0.3) is 11.5 Å². The molecule has 9 heteroatoms. The molecule has 6 rings (SSSR count). The van der Waals surface area contributed by atoms with Crippen molar-refractivity contribution in [3.63, 3.8) is 0 Å². The quantitative estimate of drug-likeness (QED) is 0.400. The number of anilines is 2. The van der Waals surface area contributed by atoms with Crippen LogP contribution in [0, 0.1) is 13.8 Å². The highest BCUT2D eigenvalue weighted by Crippen LogP contribution is 2.38. The van der Waals surface area contributed by atoms with Crippen LogP contribution in [0.1, 0.15) is 38.7 Å². The summed E-state index contributed by atoms with van der Waals surface area (Å²) in [5, 5.41) is 6.55.